The normalized spacial score (nSPS) is 32.5. The van der Waals surface area contributed by atoms with E-state index in [9.17, 15) is 5.21 Å². The fourth-order valence-electron chi connectivity index (χ4n) is 4.28. The van der Waals surface area contributed by atoms with Crippen LogP contribution < -0.4 is 5.73 Å². The fraction of sp³-hybridized carbons (Fsp3) is 0.429. The van der Waals surface area contributed by atoms with Crippen LogP contribution in [0.25, 0.3) is 11.1 Å². The van der Waals surface area contributed by atoms with Gasteiger partial charge in [-0.25, -0.2) is 0 Å². The van der Waals surface area contributed by atoms with Gasteiger partial charge in [-0.15, -0.1) is 0 Å². The molecule has 24 heavy (non-hydrogen) atoms. The number of hydroxylamine groups is 3. The van der Waals surface area contributed by atoms with Crippen LogP contribution in [0.2, 0.25) is 0 Å². The number of benzene rings is 2. The molecule has 3 heteroatoms. The van der Waals surface area contributed by atoms with Gasteiger partial charge in [-0.3, -0.25) is 0 Å². The number of nitrogens with zero attached hydrogens (tertiary/aromatic N) is 1. The molecule has 0 amide bonds. The first-order chi connectivity index (χ1) is 11.6. The molecule has 4 atom stereocenters. The molecule has 0 bridgehead atoms. The number of piperidine rings is 1. The lowest BCUT2D eigenvalue weighted by Gasteiger charge is -2.47. The molecule has 2 aromatic rings. The molecule has 4 rings (SSSR count). The molecule has 2 aromatic carbocycles. The fourth-order valence-corrected chi connectivity index (χ4v) is 4.28. The predicted octanol–water partition coefficient (Wildman–Crippen LogP) is 3.89. The number of hydrogen-bond acceptors (Lipinski definition) is 2. The minimum atomic E-state index is -0.0687. The molecule has 1 heterocycles. The van der Waals surface area contributed by atoms with Crippen molar-refractivity contribution < 1.29 is 4.65 Å². The van der Waals surface area contributed by atoms with Crippen molar-refractivity contribution in [3.63, 3.8) is 0 Å². The summed E-state index contributed by atoms with van der Waals surface area (Å²) in [4.78, 5) is 0. The molecule has 1 saturated carbocycles. The topological polar surface area (TPSA) is 49.1 Å². The lowest BCUT2D eigenvalue weighted by molar-refractivity contribution is -0.888. The van der Waals surface area contributed by atoms with E-state index in [0.717, 1.165) is 32.4 Å². The molecule has 0 radical (unpaired) electrons. The lowest BCUT2D eigenvalue weighted by atomic mass is 10.00. The van der Waals surface area contributed by atoms with Gasteiger partial charge >= 0.3 is 0 Å². The molecule has 1 aliphatic carbocycles. The van der Waals surface area contributed by atoms with E-state index in [-0.39, 0.29) is 10.7 Å². The maximum Gasteiger partial charge on any atom is 0.0937 e. The summed E-state index contributed by atoms with van der Waals surface area (Å²) in [5.74, 6) is 1.08. The molecule has 1 saturated heterocycles. The van der Waals surface area contributed by atoms with Gasteiger partial charge in [0.25, 0.3) is 0 Å². The summed E-state index contributed by atoms with van der Waals surface area (Å²) in [5.41, 5.74) is 9.93. The summed E-state index contributed by atoms with van der Waals surface area (Å²) in [6.07, 6.45) is 3.14. The molecule has 2 fully saturated rings. The van der Waals surface area contributed by atoms with Gasteiger partial charge in [0.2, 0.25) is 0 Å². The van der Waals surface area contributed by atoms with E-state index in [1.54, 1.807) is 0 Å². The van der Waals surface area contributed by atoms with Crippen LogP contribution in [0.3, 0.4) is 0 Å². The van der Waals surface area contributed by atoms with Crippen molar-refractivity contribution in [2.45, 2.75) is 31.2 Å². The Bertz CT molecular complexity index is 702. The smallest absolute Gasteiger partial charge is 0.0937 e. The highest BCUT2D eigenvalue weighted by molar-refractivity contribution is 5.64. The van der Waals surface area contributed by atoms with Crippen LogP contribution in [-0.4, -0.2) is 30.3 Å². The standard InChI is InChI=1S/C21H26N2O/c22-20-10-5-11-23(24,15-20)14-19-13-21(19)18-9-4-8-17(12-18)16-6-2-1-3-7-16/h1-4,6-9,12,19-21H,5,10-11,13-15,22H2. The van der Waals surface area contributed by atoms with E-state index in [4.69, 9.17) is 5.73 Å². The SMILES string of the molecule is NC1CCC[N+]([O-])(CC2CC2c2cccc(-c3ccccc3)c2)C1. The molecular formula is C21H26N2O. The number of quaternary nitrogens is 1. The Labute approximate surface area is 144 Å². The summed E-state index contributed by atoms with van der Waals surface area (Å²) in [7, 11) is 0. The minimum absolute atomic E-state index is 0.0687. The van der Waals surface area contributed by atoms with Crippen LogP contribution in [0.4, 0.5) is 0 Å². The van der Waals surface area contributed by atoms with Gasteiger partial charge < -0.3 is 15.6 Å². The van der Waals surface area contributed by atoms with Crippen molar-refractivity contribution in [1.29, 1.82) is 0 Å². The molecule has 0 spiro atoms. The largest absolute Gasteiger partial charge is 0.633 e. The zero-order chi connectivity index (χ0) is 16.6. The third kappa shape index (κ3) is 3.39. The summed E-state index contributed by atoms with van der Waals surface area (Å²) in [6.45, 7) is 2.10. The van der Waals surface area contributed by atoms with E-state index >= 15 is 0 Å². The Hall–Kier alpha value is -1.68. The van der Waals surface area contributed by atoms with Crippen LogP contribution in [-0.2, 0) is 0 Å². The maximum atomic E-state index is 12.9. The molecule has 4 unspecified atom stereocenters. The summed E-state index contributed by atoms with van der Waals surface area (Å²) in [5, 5.41) is 12.9. The molecule has 2 aliphatic rings. The van der Waals surface area contributed by atoms with Crippen LogP contribution >= 0.6 is 0 Å². The van der Waals surface area contributed by atoms with Crippen molar-refractivity contribution >= 4 is 0 Å². The highest BCUT2D eigenvalue weighted by Gasteiger charge is 2.43. The average Bonchev–Trinajstić information content (AvgIpc) is 3.34. The molecule has 3 nitrogen and oxygen atoms in total. The average molecular weight is 322 g/mol. The zero-order valence-electron chi connectivity index (χ0n) is 14.1. The molecule has 0 aromatic heterocycles. The van der Waals surface area contributed by atoms with Crippen molar-refractivity contribution in [2.24, 2.45) is 11.7 Å². The van der Waals surface area contributed by atoms with Gasteiger partial charge in [0.15, 0.2) is 0 Å². The third-order valence-electron chi connectivity index (χ3n) is 5.62. The van der Waals surface area contributed by atoms with Gasteiger partial charge in [0.05, 0.1) is 25.7 Å². The number of nitrogens with two attached hydrogens (primary N) is 1. The second-order valence-electron chi connectivity index (χ2n) is 7.64. The van der Waals surface area contributed by atoms with E-state index < -0.39 is 0 Å². The lowest BCUT2D eigenvalue weighted by Crippen LogP contribution is -2.54. The van der Waals surface area contributed by atoms with Gasteiger partial charge in [-0.1, -0.05) is 54.6 Å². The molecular weight excluding hydrogens is 296 g/mol. The third-order valence-corrected chi connectivity index (χ3v) is 5.62. The molecule has 126 valence electrons. The van der Waals surface area contributed by atoms with Gasteiger partial charge in [-0.2, -0.15) is 0 Å². The van der Waals surface area contributed by atoms with E-state index in [0.29, 0.717) is 18.4 Å². The van der Waals surface area contributed by atoms with Crippen LogP contribution in [0.5, 0.6) is 0 Å². The second-order valence-corrected chi connectivity index (χ2v) is 7.64. The minimum Gasteiger partial charge on any atom is -0.633 e. The quantitative estimate of drug-likeness (QED) is 0.686. The van der Waals surface area contributed by atoms with Crippen LogP contribution in [0.15, 0.2) is 54.6 Å². The van der Waals surface area contributed by atoms with Gasteiger partial charge in [-0.05, 0) is 41.9 Å². The highest BCUT2D eigenvalue weighted by Crippen LogP contribution is 2.49. The second kappa shape index (κ2) is 6.32. The van der Waals surface area contributed by atoms with Crippen molar-refractivity contribution in [1.82, 2.24) is 0 Å². The first kappa shape index (κ1) is 15.8. The van der Waals surface area contributed by atoms with E-state index in [2.05, 4.69) is 48.5 Å². The maximum absolute atomic E-state index is 12.9. The van der Waals surface area contributed by atoms with Crippen molar-refractivity contribution in [2.75, 3.05) is 19.6 Å². The zero-order valence-corrected chi connectivity index (χ0v) is 14.1. The Morgan fingerprint density at radius 1 is 1.04 bits per heavy atom. The van der Waals surface area contributed by atoms with Crippen molar-refractivity contribution in [3.8, 4) is 11.1 Å². The first-order valence-corrected chi connectivity index (χ1v) is 9.11. The van der Waals surface area contributed by atoms with Gasteiger partial charge in [0.1, 0.15) is 0 Å². The number of rotatable bonds is 4. The van der Waals surface area contributed by atoms with E-state index in [1.807, 2.05) is 6.07 Å². The first-order valence-electron chi connectivity index (χ1n) is 9.11. The number of likely N-dealkylation sites (tertiary alicyclic amines) is 1. The summed E-state index contributed by atoms with van der Waals surface area (Å²) < 4.78 is -0.0687. The van der Waals surface area contributed by atoms with Crippen molar-refractivity contribution in [3.05, 3.63) is 65.4 Å². The van der Waals surface area contributed by atoms with Gasteiger partial charge in [0, 0.05) is 5.92 Å². The van der Waals surface area contributed by atoms with E-state index in [1.165, 1.54) is 16.7 Å². The Morgan fingerprint density at radius 2 is 1.83 bits per heavy atom. The number of hydrogen-bond donors (Lipinski definition) is 1. The molecule has 2 N–H and O–H groups in total. The summed E-state index contributed by atoms with van der Waals surface area (Å²) >= 11 is 0. The monoisotopic (exact) mass is 322 g/mol. The highest BCUT2D eigenvalue weighted by atomic mass is 16.5. The van der Waals surface area contributed by atoms with Crippen LogP contribution in [0.1, 0.15) is 30.7 Å². The predicted molar refractivity (Wildman–Crippen MR) is 98.2 cm³/mol. The summed E-state index contributed by atoms with van der Waals surface area (Å²) in [6, 6.07) is 19.4. The van der Waals surface area contributed by atoms with Crippen LogP contribution in [0, 0.1) is 11.1 Å². The molecule has 1 aliphatic heterocycles. The Kier molecular flexibility index (Phi) is 4.17. The Morgan fingerprint density at radius 3 is 2.62 bits per heavy atom. The Balaban J connectivity index is 1.45.